The second-order valence-corrected chi connectivity index (χ2v) is 5.25. The topological polar surface area (TPSA) is 3.24 Å². The summed E-state index contributed by atoms with van der Waals surface area (Å²) < 4.78 is 0. The Bertz CT molecular complexity index is 556. The van der Waals surface area contributed by atoms with Crippen molar-refractivity contribution in [3.63, 3.8) is 0 Å². The molecule has 0 unspecified atom stereocenters. The van der Waals surface area contributed by atoms with E-state index in [0.717, 1.165) is 19.6 Å². The zero-order valence-corrected chi connectivity index (χ0v) is 11.3. The molecule has 1 nitrogen and oxygen atoms in total. The quantitative estimate of drug-likeness (QED) is 0.794. The first-order chi connectivity index (χ1) is 9.31. The molecule has 3 rings (SSSR count). The average Bonchev–Trinajstić information content (AvgIpc) is 2.83. The van der Waals surface area contributed by atoms with Crippen molar-refractivity contribution < 1.29 is 0 Å². The second kappa shape index (κ2) is 5.41. The lowest BCUT2D eigenvalue weighted by Gasteiger charge is -2.11. The molecule has 0 atom stereocenters. The average molecular weight is 249 g/mol. The first kappa shape index (κ1) is 12.2. The Morgan fingerprint density at radius 2 is 1.58 bits per heavy atom. The summed E-state index contributed by atoms with van der Waals surface area (Å²) in [4.78, 5) is 2.47. The van der Waals surface area contributed by atoms with Crippen molar-refractivity contribution in [3.8, 4) is 0 Å². The van der Waals surface area contributed by atoms with Crippen LogP contribution in [0.25, 0.3) is 6.08 Å². The van der Waals surface area contributed by atoms with Crippen LogP contribution in [-0.4, -0.2) is 11.4 Å². The largest absolute Gasteiger partial charge is 0.291 e. The smallest absolute Gasteiger partial charge is 0.0243 e. The summed E-state index contributed by atoms with van der Waals surface area (Å²) in [5, 5.41) is 0. The summed E-state index contributed by atoms with van der Waals surface area (Å²) in [6.07, 6.45) is 4.47. The van der Waals surface area contributed by atoms with Gasteiger partial charge in [0, 0.05) is 19.6 Å². The normalized spacial score (nSPS) is 15.0. The number of fused-ring (bicyclic) bond motifs is 1. The minimum atomic E-state index is 1.02. The summed E-state index contributed by atoms with van der Waals surface area (Å²) in [5.41, 5.74) is 5.55. The molecule has 96 valence electrons. The van der Waals surface area contributed by atoms with Gasteiger partial charge in [-0.25, -0.2) is 0 Å². The second-order valence-electron chi connectivity index (χ2n) is 5.25. The Kier molecular flexibility index (Phi) is 3.47. The SMILES string of the molecule is Cc1ccc(C=CCN2Cc3ccccc3C2)cc1. The molecule has 0 saturated heterocycles. The molecule has 0 fully saturated rings. The van der Waals surface area contributed by atoms with E-state index in [-0.39, 0.29) is 0 Å². The summed E-state index contributed by atoms with van der Waals surface area (Å²) in [7, 11) is 0. The molecule has 0 bridgehead atoms. The summed E-state index contributed by atoms with van der Waals surface area (Å²) in [5.74, 6) is 0. The van der Waals surface area contributed by atoms with Gasteiger partial charge in [-0.1, -0.05) is 66.2 Å². The minimum Gasteiger partial charge on any atom is -0.291 e. The first-order valence-corrected chi connectivity index (χ1v) is 6.83. The first-order valence-electron chi connectivity index (χ1n) is 6.83. The third-order valence-electron chi connectivity index (χ3n) is 3.66. The van der Waals surface area contributed by atoms with Crippen LogP contribution in [0, 0.1) is 6.92 Å². The van der Waals surface area contributed by atoms with Crippen LogP contribution in [0.4, 0.5) is 0 Å². The fraction of sp³-hybridized carbons (Fsp3) is 0.222. The van der Waals surface area contributed by atoms with Crippen molar-refractivity contribution in [2.45, 2.75) is 20.0 Å². The number of rotatable bonds is 3. The molecule has 19 heavy (non-hydrogen) atoms. The molecular weight excluding hydrogens is 230 g/mol. The van der Waals surface area contributed by atoms with Gasteiger partial charge >= 0.3 is 0 Å². The predicted molar refractivity (Wildman–Crippen MR) is 80.8 cm³/mol. The summed E-state index contributed by atoms with van der Waals surface area (Å²) >= 11 is 0. The maximum Gasteiger partial charge on any atom is 0.0243 e. The van der Waals surface area contributed by atoms with Gasteiger partial charge in [-0.05, 0) is 23.6 Å². The van der Waals surface area contributed by atoms with Crippen molar-refractivity contribution in [1.29, 1.82) is 0 Å². The Labute approximate surface area is 115 Å². The monoisotopic (exact) mass is 249 g/mol. The van der Waals surface area contributed by atoms with Crippen LogP contribution in [0.15, 0.2) is 54.6 Å². The Morgan fingerprint density at radius 1 is 0.947 bits per heavy atom. The summed E-state index contributed by atoms with van der Waals surface area (Å²) in [6.45, 7) is 5.29. The molecule has 0 aromatic heterocycles. The van der Waals surface area contributed by atoms with Crippen LogP contribution >= 0.6 is 0 Å². The van der Waals surface area contributed by atoms with E-state index < -0.39 is 0 Å². The van der Waals surface area contributed by atoms with E-state index in [0.29, 0.717) is 0 Å². The van der Waals surface area contributed by atoms with E-state index in [4.69, 9.17) is 0 Å². The van der Waals surface area contributed by atoms with Gasteiger partial charge in [0.1, 0.15) is 0 Å². The number of aryl methyl sites for hydroxylation is 1. The van der Waals surface area contributed by atoms with Crippen LogP contribution in [0.1, 0.15) is 22.3 Å². The lowest BCUT2D eigenvalue weighted by atomic mass is 10.1. The van der Waals surface area contributed by atoms with Crippen LogP contribution < -0.4 is 0 Å². The van der Waals surface area contributed by atoms with Gasteiger partial charge in [0.15, 0.2) is 0 Å². The van der Waals surface area contributed by atoms with Gasteiger partial charge in [0.05, 0.1) is 0 Å². The van der Waals surface area contributed by atoms with Gasteiger partial charge in [0.25, 0.3) is 0 Å². The molecule has 1 heteroatoms. The third kappa shape index (κ3) is 2.94. The predicted octanol–water partition coefficient (Wildman–Crippen LogP) is 4.02. The van der Waals surface area contributed by atoms with Crippen LogP contribution in [0.3, 0.4) is 0 Å². The van der Waals surface area contributed by atoms with E-state index >= 15 is 0 Å². The zero-order chi connectivity index (χ0) is 13.1. The van der Waals surface area contributed by atoms with E-state index in [1.54, 1.807) is 0 Å². The van der Waals surface area contributed by atoms with Crippen molar-refractivity contribution in [2.75, 3.05) is 6.54 Å². The molecule has 0 saturated carbocycles. The Morgan fingerprint density at radius 3 is 2.21 bits per heavy atom. The highest BCUT2D eigenvalue weighted by Crippen LogP contribution is 2.21. The van der Waals surface area contributed by atoms with Crippen molar-refractivity contribution >= 4 is 6.08 Å². The Hall–Kier alpha value is -1.86. The molecule has 1 aliphatic rings. The highest BCUT2D eigenvalue weighted by Gasteiger charge is 2.16. The molecular formula is C18H19N. The van der Waals surface area contributed by atoms with E-state index in [1.165, 1.54) is 22.3 Å². The lowest BCUT2D eigenvalue weighted by molar-refractivity contribution is 0.317. The molecule has 2 aromatic carbocycles. The molecule has 0 amide bonds. The summed E-state index contributed by atoms with van der Waals surface area (Å²) in [6, 6.07) is 17.4. The molecule has 0 aliphatic carbocycles. The lowest BCUT2D eigenvalue weighted by Crippen LogP contribution is -2.15. The van der Waals surface area contributed by atoms with Gasteiger partial charge in [-0.15, -0.1) is 0 Å². The number of benzene rings is 2. The van der Waals surface area contributed by atoms with Gasteiger partial charge in [0.2, 0.25) is 0 Å². The maximum absolute atomic E-state index is 2.47. The van der Waals surface area contributed by atoms with Gasteiger partial charge < -0.3 is 0 Å². The highest BCUT2D eigenvalue weighted by atomic mass is 15.1. The molecule has 2 aromatic rings. The number of hydrogen-bond donors (Lipinski definition) is 0. The maximum atomic E-state index is 2.47. The Balaban J connectivity index is 1.58. The van der Waals surface area contributed by atoms with Crippen LogP contribution in [0.5, 0.6) is 0 Å². The van der Waals surface area contributed by atoms with Crippen molar-refractivity contribution in [1.82, 2.24) is 4.90 Å². The highest BCUT2D eigenvalue weighted by molar-refractivity contribution is 5.49. The van der Waals surface area contributed by atoms with Crippen LogP contribution in [0.2, 0.25) is 0 Å². The fourth-order valence-corrected chi connectivity index (χ4v) is 2.55. The zero-order valence-electron chi connectivity index (χ0n) is 11.3. The molecule has 0 spiro atoms. The molecule has 1 aliphatic heterocycles. The molecule has 1 heterocycles. The van der Waals surface area contributed by atoms with E-state index in [9.17, 15) is 0 Å². The molecule has 0 N–H and O–H groups in total. The van der Waals surface area contributed by atoms with Crippen molar-refractivity contribution in [3.05, 3.63) is 76.9 Å². The van der Waals surface area contributed by atoms with E-state index in [2.05, 4.69) is 72.5 Å². The van der Waals surface area contributed by atoms with Gasteiger partial charge in [-0.2, -0.15) is 0 Å². The fourth-order valence-electron chi connectivity index (χ4n) is 2.55. The standard InChI is InChI=1S/C18H19N/c1-15-8-10-16(11-9-15)5-4-12-19-13-17-6-2-3-7-18(17)14-19/h2-11H,12-14H2,1H3. The van der Waals surface area contributed by atoms with E-state index in [1.807, 2.05) is 0 Å². The van der Waals surface area contributed by atoms with Crippen LogP contribution in [-0.2, 0) is 13.1 Å². The molecule has 0 radical (unpaired) electrons. The number of nitrogens with zero attached hydrogens (tertiary/aromatic N) is 1. The van der Waals surface area contributed by atoms with Gasteiger partial charge in [-0.3, -0.25) is 4.90 Å². The number of hydrogen-bond acceptors (Lipinski definition) is 1. The minimum absolute atomic E-state index is 1.02. The van der Waals surface area contributed by atoms with Crippen molar-refractivity contribution in [2.24, 2.45) is 0 Å². The third-order valence-corrected chi connectivity index (χ3v) is 3.66.